The number of hydrogen-bond acceptors (Lipinski definition) is 8. The lowest BCUT2D eigenvalue weighted by Gasteiger charge is -2.30. The van der Waals surface area contributed by atoms with Gasteiger partial charge in [-0.15, -0.1) is 0 Å². The Morgan fingerprint density at radius 3 is 2.58 bits per heavy atom. The summed E-state index contributed by atoms with van der Waals surface area (Å²) in [5.74, 6) is 1.89. The number of amides is 1. The smallest absolute Gasteiger partial charge is 0.324 e. The Balaban J connectivity index is 1.04. The summed E-state index contributed by atoms with van der Waals surface area (Å²) in [7, 11) is 0. The Labute approximate surface area is 223 Å². The van der Waals surface area contributed by atoms with Crippen LogP contribution in [0.2, 0.25) is 0 Å². The molecular weight excluding hydrogens is 482 g/mol. The maximum absolute atomic E-state index is 12.9. The first-order valence-electron chi connectivity index (χ1n) is 13.6. The molecule has 0 bridgehead atoms. The van der Waals surface area contributed by atoms with Crippen LogP contribution in [0.1, 0.15) is 30.4 Å². The van der Waals surface area contributed by atoms with Gasteiger partial charge in [-0.3, -0.25) is 9.69 Å². The van der Waals surface area contributed by atoms with Crippen molar-refractivity contribution in [3.63, 3.8) is 0 Å². The number of carbonyl (C=O) groups excluding carboxylic acids is 1. The van der Waals surface area contributed by atoms with Gasteiger partial charge in [-0.05, 0) is 68.5 Å². The van der Waals surface area contributed by atoms with Crippen LogP contribution in [0, 0.1) is 18.8 Å². The molecular formula is C29H37N5O4. The summed E-state index contributed by atoms with van der Waals surface area (Å²) in [5, 5.41) is 16.2. The average molecular weight is 520 g/mol. The number of aromatic nitrogens is 2. The monoisotopic (exact) mass is 519 g/mol. The van der Waals surface area contributed by atoms with E-state index in [1.54, 1.807) is 0 Å². The molecule has 202 valence electrons. The number of likely N-dealkylation sites (tertiary alicyclic amines) is 1. The number of aryl methyl sites for hydroxylation is 1. The number of ether oxygens (including phenoxy) is 1. The molecule has 0 spiro atoms. The molecule has 1 amide bonds. The number of nitrogens with zero attached hydrogens (tertiary/aromatic N) is 4. The number of carbonyl (C=O) groups is 1. The van der Waals surface area contributed by atoms with E-state index >= 15 is 0 Å². The van der Waals surface area contributed by atoms with Crippen molar-refractivity contribution in [3.05, 3.63) is 59.7 Å². The number of aliphatic hydroxyl groups excluding tert-OH is 1. The minimum Gasteiger partial charge on any atom is -0.491 e. The fourth-order valence-corrected chi connectivity index (χ4v) is 5.22. The largest absolute Gasteiger partial charge is 0.491 e. The molecule has 3 heterocycles. The number of benzene rings is 2. The highest BCUT2D eigenvalue weighted by molar-refractivity contribution is 5.79. The van der Waals surface area contributed by atoms with E-state index in [4.69, 9.17) is 14.4 Å². The molecule has 2 aromatic carbocycles. The topological polar surface area (TPSA) is 104 Å². The fraction of sp³-hybridized carbons (Fsp3) is 0.483. The number of nitrogens with one attached hydrogen (secondary N) is 1. The van der Waals surface area contributed by atoms with E-state index < -0.39 is 0 Å². The second kappa shape index (κ2) is 12.4. The Hall–Kier alpha value is -3.43. The summed E-state index contributed by atoms with van der Waals surface area (Å²) in [5.41, 5.74) is 3.47. The molecule has 3 aromatic rings. The van der Waals surface area contributed by atoms with E-state index in [-0.39, 0.29) is 25.0 Å². The summed E-state index contributed by atoms with van der Waals surface area (Å²) in [6.07, 6.45) is 2.66. The Bertz CT molecular complexity index is 1170. The zero-order chi connectivity index (χ0) is 26.3. The minimum atomic E-state index is -0.0253. The summed E-state index contributed by atoms with van der Waals surface area (Å²) in [6, 6.07) is 16.6. The number of rotatable bonds is 10. The van der Waals surface area contributed by atoms with Crippen molar-refractivity contribution in [2.24, 2.45) is 11.8 Å². The van der Waals surface area contributed by atoms with Gasteiger partial charge in [0.05, 0.1) is 6.61 Å². The average Bonchev–Trinajstić information content (AvgIpc) is 3.62. The molecule has 2 fully saturated rings. The third-order valence-electron chi connectivity index (χ3n) is 7.49. The van der Waals surface area contributed by atoms with E-state index in [1.165, 1.54) is 11.1 Å². The van der Waals surface area contributed by atoms with E-state index in [0.717, 1.165) is 51.0 Å². The van der Waals surface area contributed by atoms with Crippen molar-refractivity contribution in [1.82, 2.24) is 20.4 Å². The van der Waals surface area contributed by atoms with Gasteiger partial charge in [-0.25, -0.2) is 0 Å². The van der Waals surface area contributed by atoms with Crippen LogP contribution in [0.25, 0.3) is 11.4 Å². The van der Waals surface area contributed by atoms with Gasteiger partial charge in [0.15, 0.2) is 0 Å². The maximum atomic E-state index is 12.9. The van der Waals surface area contributed by atoms with Crippen molar-refractivity contribution in [3.8, 4) is 17.1 Å². The van der Waals surface area contributed by atoms with E-state index in [1.807, 2.05) is 24.3 Å². The second-order valence-corrected chi connectivity index (χ2v) is 10.4. The van der Waals surface area contributed by atoms with Crippen LogP contribution in [0.3, 0.4) is 0 Å². The molecule has 1 aromatic heterocycles. The van der Waals surface area contributed by atoms with Crippen LogP contribution in [-0.2, 0) is 11.3 Å². The Morgan fingerprint density at radius 1 is 1.08 bits per heavy atom. The minimum absolute atomic E-state index is 0.0187. The van der Waals surface area contributed by atoms with Gasteiger partial charge >= 0.3 is 6.01 Å². The van der Waals surface area contributed by atoms with Gasteiger partial charge in [0.25, 0.3) is 0 Å². The van der Waals surface area contributed by atoms with E-state index in [0.29, 0.717) is 36.6 Å². The number of anilines is 1. The van der Waals surface area contributed by atoms with Crippen LogP contribution >= 0.6 is 0 Å². The van der Waals surface area contributed by atoms with Crippen molar-refractivity contribution < 1.29 is 19.2 Å². The molecule has 2 aliphatic heterocycles. The number of hydrogen-bond donors (Lipinski definition) is 2. The van der Waals surface area contributed by atoms with E-state index in [9.17, 15) is 4.79 Å². The van der Waals surface area contributed by atoms with Crippen LogP contribution < -0.4 is 15.0 Å². The first-order valence-corrected chi connectivity index (χ1v) is 13.6. The van der Waals surface area contributed by atoms with Crippen molar-refractivity contribution in [2.75, 3.05) is 50.8 Å². The third kappa shape index (κ3) is 6.71. The summed E-state index contributed by atoms with van der Waals surface area (Å²) < 4.78 is 10.9. The molecule has 9 heteroatoms. The molecule has 9 nitrogen and oxygen atoms in total. The normalized spacial score (nSPS) is 18.6. The lowest BCUT2D eigenvalue weighted by molar-refractivity contribution is -0.125. The van der Waals surface area contributed by atoms with Gasteiger partial charge in [-0.1, -0.05) is 35.0 Å². The van der Waals surface area contributed by atoms with Crippen LogP contribution in [0.15, 0.2) is 53.1 Å². The second-order valence-electron chi connectivity index (χ2n) is 10.4. The standard InChI is InChI=1S/C29H37N5O4/c1-21-2-4-22(5-3-21)19-33-13-10-23(20-33)18-30-28(36)25-11-14-34(15-12-25)29-31-27(32-38-29)24-6-8-26(9-7-24)37-17-16-35/h2-9,23,25,35H,10-20H2,1H3,(H,30,36). The van der Waals surface area contributed by atoms with E-state index in [2.05, 4.69) is 56.4 Å². The first kappa shape index (κ1) is 26.2. The molecule has 2 aliphatic rings. The lowest BCUT2D eigenvalue weighted by Crippen LogP contribution is -2.42. The maximum Gasteiger partial charge on any atom is 0.324 e. The molecule has 38 heavy (non-hydrogen) atoms. The molecule has 5 rings (SSSR count). The van der Waals surface area contributed by atoms with Crippen LogP contribution in [0.5, 0.6) is 5.75 Å². The fourth-order valence-electron chi connectivity index (χ4n) is 5.22. The predicted molar refractivity (Wildman–Crippen MR) is 145 cm³/mol. The zero-order valence-corrected chi connectivity index (χ0v) is 22.0. The molecule has 0 aliphatic carbocycles. The molecule has 1 unspecified atom stereocenters. The van der Waals surface area contributed by atoms with Gasteiger partial charge in [0, 0.05) is 44.2 Å². The van der Waals surface area contributed by atoms with Crippen molar-refractivity contribution >= 4 is 11.9 Å². The quantitative estimate of drug-likeness (QED) is 0.421. The molecule has 0 saturated carbocycles. The summed E-state index contributed by atoms with van der Waals surface area (Å²) >= 11 is 0. The van der Waals surface area contributed by atoms with Gasteiger partial charge in [0.1, 0.15) is 12.4 Å². The Morgan fingerprint density at radius 2 is 1.84 bits per heavy atom. The highest BCUT2D eigenvalue weighted by Crippen LogP contribution is 2.26. The number of aliphatic hydroxyl groups is 1. The third-order valence-corrected chi connectivity index (χ3v) is 7.49. The summed E-state index contributed by atoms with van der Waals surface area (Å²) in [6.45, 7) is 7.61. The first-order chi connectivity index (χ1) is 18.6. The highest BCUT2D eigenvalue weighted by Gasteiger charge is 2.29. The van der Waals surface area contributed by atoms with Gasteiger partial charge < -0.3 is 24.6 Å². The predicted octanol–water partition coefficient (Wildman–Crippen LogP) is 3.27. The van der Waals surface area contributed by atoms with Gasteiger partial charge in [0.2, 0.25) is 11.7 Å². The van der Waals surface area contributed by atoms with Crippen LogP contribution in [0.4, 0.5) is 6.01 Å². The van der Waals surface area contributed by atoms with Crippen molar-refractivity contribution in [1.29, 1.82) is 0 Å². The molecule has 2 saturated heterocycles. The van der Waals surface area contributed by atoms with Crippen LogP contribution in [-0.4, -0.2) is 72.0 Å². The molecule has 1 atom stereocenters. The SMILES string of the molecule is Cc1ccc(CN2CCC(CNC(=O)C3CCN(c4nc(-c5ccc(OCCO)cc5)no4)CC3)C2)cc1. The van der Waals surface area contributed by atoms with Crippen molar-refractivity contribution in [2.45, 2.75) is 32.7 Å². The molecule has 0 radical (unpaired) electrons. The summed E-state index contributed by atoms with van der Waals surface area (Å²) in [4.78, 5) is 22.0. The highest BCUT2D eigenvalue weighted by atomic mass is 16.5. The number of piperidine rings is 1. The zero-order valence-electron chi connectivity index (χ0n) is 22.0. The lowest BCUT2D eigenvalue weighted by atomic mass is 9.96. The molecule has 2 N–H and O–H groups in total. The van der Waals surface area contributed by atoms with Gasteiger partial charge in [-0.2, -0.15) is 4.98 Å². The Kier molecular flexibility index (Phi) is 8.55.